The van der Waals surface area contributed by atoms with Gasteiger partial charge < -0.3 is 14.8 Å². The summed E-state index contributed by atoms with van der Waals surface area (Å²) in [6, 6.07) is 0. The van der Waals surface area contributed by atoms with Gasteiger partial charge in [0.2, 0.25) is 5.91 Å². The number of Topliss-reactive ketones (excluding diaryl/α,β-unsaturated/α-hetero) is 1. The maximum absolute atomic E-state index is 11.4. The largest absolute Gasteiger partial charge is 0.367 e. The molecule has 1 unspecified atom stereocenters. The highest BCUT2D eigenvalue weighted by Gasteiger charge is 2.33. The zero-order valence-electron chi connectivity index (χ0n) is 9.90. The van der Waals surface area contributed by atoms with E-state index in [2.05, 4.69) is 0 Å². The molecule has 1 heterocycles. The first-order chi connectivity index (χ1) is 7.43. The molecule has 90 valence electrons. The van der Waals surface area contributed by atoms with E-state index in [0.717, 1.165) is 19.3 Å². The lowest BCUT2D eigenvalue weighted by atomic mass is 10.1. The minimum Gasteiger partial charge on any atom is -0.367 e. The summed E-state index contributed by atoms with van der Waals surface area (Å²) in [5, 5.41) is 9.83. The Morgan fingerprint density at radius 1 is 1.44 bits per heavy atom. The zero-order valence-corrected chi connectivity index (χ0v) is 9.90. The fraction of sp³-hybridized carbons (Fsp3) is 0.667. The van der Waals surface area contributed by atoms with Crippen LogP contribution in [0.2, 0.25) is 0 Å². The molecule has 0 fully saturated rings. The zero-order chi connectivity index (χ0) is 12.2. The number of carbonyl (C=O) groups excluding carboxylic acids is 2. The maximum Gasteiger partial charge on any atom is 0.248 e. The average molecular weight is 225 g/mol. The molecule has 0 aromatic carbocycles. The fourth-order valence-electron chi connectivity index (χ4n) is 1.79. The van der Waals surface area contributed by atoms with Crippen molar-refractivity contribution in [1.82, 2.24) is 4.90 Å². The standard InChI is InChI=1S/C12H19NO3/c1-10(14)6-4-3-5-9-13-11(15)7-8-12(13,2)16/h7-8,16H,3-6,9H2,1-2H3. The third kappa shape index (κ3) is 3.45. The van der Waals surface area contributed by atoms with Crippen LogP contribution < -0.4 is 0 Å². The summed E-state index contributed by atoms with van der Waals surface area (Å²) in [4.78, 5) is 23.5. The number of rotatable bonds is 6. The summed E-state index contributed by atoms with van der Waals surface area (Å²) in [7, 11) is 0. The minimum atomic E-state index is -1.14. The predicted molar refractivity (Wildman–Crippen MR) is 60.6 cm³/mol. The first-order valence-corrected chi connectivity index (χ1v) is 5.66. The monoisotopic (exact) mass is 225 g/mol. The van der Waals surface area contributed by atoms with Crippen LogP contribution in [0, 0.1) is 0 Å². The predicted octanol–water partition coefficient (Wildman–Crippen LogP) is 1.24. The van der Waals surface area contributed by atoms with Crippen LogP contribution in [-0.4, -0.2) is 34.0 Å². The lowest BCUT2D eigenvalue weighted by Gasteiger charge is -2.29. The molecule has 0 aromatic rings. The van der Waals surface area contributed by atoms with Gasteiger partial charge in [0.05, 0.1) is 0 Å². The second-order valence-electron chi connectivity index (χ2n) is 4.43. The number of hydrogen-bond donors (Lipinski definition) is 1. The lowest BCUT2D eigenvalue weighted by Crippen LogP contribution is -2.44. The Balaban J connectivity index is 2.23. The van der Waals surface area contributed by atoms with Crippen molar-refractivity contribution >= 4 is 11.7 Å². The number of carbonyl (C=O) groups is 2. The van der Waals surface area contributed by atoms with Crippen LogP contribution in [0.15, 0.2) is 12.2 Å². The van der Waals surface area contributed by atoms with Gasteiger partial charge in [-0.15, -0.1) is 0 Å². The molecule has 0 spiro atoms. The first kappa shape index (κ1) is 12.9. The summed E-state index contributed by atoms with van der Waals surface area (Å²) in [6.07, 6.45) is 6.08. The van der Waals surface area contributed by atoms with Gasteiger partial charge in [0, 0.05) is 19.0 Å². The number of ketones is 1. The van der Waals surface area contributed by atoms with Crippen molar-refractivity contribution in [3.63, 3.8) is 0 Å². The van der Waals surface area contributed by atoms with E-state index in [0.29, 0.717) is 13.0 Å². The van der Waals surface area contributed by atoms with Crippen LogP contribution >= 0.6 is 0 Å². The van der Waals surface area contributed by atoms with Gasteiger partial charge in [-0.3, -0.25) is 4.79 Å². The van der Waals surface area contributed by atoms with E-state index in [1.54, 1.807) is 13.8 Å². The highest BCUT2D eigenvalue weighted by atomic mass is 16.3. The maximum atomic E-state index is 11.4. The van der Waals surface area contributed by atoms with Gasteiger partial charge >= 0.3 is 0 Å². The minimum absolute atomic E-state index is 0.142. The molecule has 0 bridgehead atoms. The molecule has 4 nitrogen and oxygen atoms in total. The Kier molecular flexibility index (Phi) is 4.24. The molecular weight excluding hydrogens is 206 g/mol. The van der Waals surface area contributed by atoms with Gasteiger partial charge in [0.1, 0.15) is 5.78 Å². The highest BCUT2D eigenvalue weighted by Crippen LogP contribution is 2.21. The molecule has 4 heteroatoms. The van der Waals surface area contributed by atoms with E-state index < -0.39 is 5.72 Å². The Labute approximate surface area is 95.9 Å². The van der Waals surface area contributed by atoms with Crippen molar-refractivity contribution in [3.8, 4) is 0 Å². The van der Waals surface area contributed by atoms with Crippen molar-refractivity contribution in [1.29, 1.82) is 0 Å². The second-order valence-corrected chi connectivity index (χ2v) is 4.43. The van der Waals surface area contributed by atoms with E-state index >= 15 is 0 Å². The molecular formula is C12H19NO3. The Hall–Kier alpha value is -1.16. The third-order valence-corrected chi connectivity index (χ3v) is 2.76. The molecule has 0 aromatic heterocycles. The van der Waals surface area contributed by atoms with Crippen molar-refractivity contribution in [2.24, 2.45) is 0 Å². The van der Waals surface area contributed by atoms with Crippen molar-refractivity contribution in [3.05, 3.63) is 12.2 Å². The SMILES string of the molecule is CC(=O)CCCCCN1C(=O)C=CC1(C)O. The van der Waals surface area contributed by atoms with E-state index in [1.165, 1.54) is 17.1 Å². The quantitative estimate of drug-likeness (QED) is 0.692. The molecule has 1 aliphatic rings. The molecule has 0 radical (unpaired) electrons. The Bertz CT molecular complexity index is 307. The molecule has 1 rings (SSSR count). The molecule has 1 atom stereocenters. The normalized spacial score (nSPS) is 24.2. The molecule has 1 N–H and O–H groups in total. The summed E-state index contributed by atoms with van der Waals surface area (Å²) in [5.41, 5.74) is -1.14. The van der Waals surface area contributed by atoms with Crippen LogP contribution in [0.4, 0.5) is 0 Å². The number of nitrogens with zero attached hydrogens (tertiary/aromatic N) is 1. The van der Waals surface area contributed by atoms with Gasteiger partial charge in [-0.05, 0) is 32.8 Å². The van der Waals surface area contributed by atoms with E-state index in [1.807, 2.05) is 0 Å². The summed E-state index contributed by atoms with van der Waals surface area (Å²) >= 11 is 0. The van der Waals surface area contributed by atoms with Gasteiger partial charge in [-0.1, -0.05) is 6.42 Å². The number of aliphatic hydroxyl groups is 1. The average Bonchev–Trinajstić information content (AvgIpc) is 2.43. The highest BCUT2D eigenvalue weighted by molar-refractivity contribution is 5.91. The van der Waals surface area contributed by atoms with Crippen molar-refractivity contribution in [2.75, 3.05) is 6.54 Å². The number of amides is 1. The third-order valence-electron chi connectivity index (χ3n) is 2.76. The van der Waals surface area contributed by atoms with Crippen LogP contribution in [-0.2, 0) is 9.59 Å². The molecule has 1 aliphatic heterocycles. The van der Waals surface area contributed by atoms with Gasteiger partial charge in [0.25, 0.3) is 0 Å². The topological polar surface area (TPSA) is 57.6 Å². The van der Waals surface area contributed by atoms with Crippen LogP contribution in [0.25, 0.3) is 0 Å². The summed E-state index contributed by atoms with van der Waals surface area (Å²) in [6.45, 7) is 3.72. The molecule has 16 heavy (non-hydrogen) atoms. The summed E-state index contributed by atoms with van der Waals surface area (Å²) < 4.78 is 0. The van der Waals surface area contributed by atoms with Crippen LogP contribution in [0.5, 0.6) is 0 Å². The van der Waals surface area contributed by atoms with E-state index in [9.17, 15) is 14.7 Å². The fourth-order valence-corrected chi connectivity index (χ4v) is 1.79. The van der Waals surface area contributed by atoms with Crippen molar-refractivity contribution < 1.29 is 14.7 Å². The molecule has 0 saturated heterocycles. The summed E-state index contributed by atoms with van der Waals surface area (Å²) in [5.74, 6) is 0.0579. The number of hydrogen-bond acceptors (Lipinski definition) is 3. The van der Waals surface area contributed by atoms with Crippen LogP contribution in [0.1, 0.15) is 39.5 Å². The molecule has 0 saturated carbocycles. The molecule has 0 aliphatic carbocycles. The van der Waals surface area contributed by atoms with Crippen molar-refractivity contribution in [2.45, 2.75) is 45.3 Å². The smallest absolute Gasteiger partial charge is 0.248 e. The lowest BCUT2D eigenvalue weighted by molar-refractivity contribution is -0.139. The Morgan fingerprint density at radius 2 is 2.12 bits per heavy atom. The first-order valence-electron chi connectivity index (χ1n) is 5.66. The van der Waals surface area contributed by atoms with Crippen LogP contribution in [0.3, 0.4) is 0 Å². The second kappa shape index (κ2) is 5.25. The number of unbranched alkanes of at least 4 members (excludes halogenated alkanes) is 2. The van der Waals surface area contributed by atoms with E-state index in [-0.39, 0.29) is 11.7 Å². The Morgan fingerprint density at radius 3 is 2.62 bits per heavy atom. The van der Waals surface area contributed by atoms with Gasteiger partial charge in [-0.2, -0.15) is 0 Å². The van der Waals surface area contributed by atoms with E-state index in [4.69, 9.17) is 0 Å². The molecule has 1 amide bonds. The van der Waals surface area contributed by atoms with Gasteiger partial charge in [0.15, 0.2) is 5.72 Å². The van der Waals surface area contributed by atoms with Gasteiger partial charge in [-0.25, -0.2) is 0 Å².